The van der Waals surface area contributed by atoms with Crippen LogP contribution in [0.3, 0.4) is 0 Å². The molecule has 112 valence electrons. The molecule has 21 heavy (non-hydrogen) atoms. The van der Waals surface area contributed by atoms with Crippen LogP contribution >= 0.6 is 11.8 Å². The van der Waals surface area contributed by atoms with E-state index in [1.165, 1.54) is 12.1 Å². The zero-order chi connectivity index (χ0) is 15.5. The molecule has 0 fully saturated rings. The van der Waals surface area contributed by atoms with Crippen molar-refractivity contribution in [2.45, 2.75) is 36.8 Å². The maximum absolute atomic E-state index is 12.9. The normalized spacial score (nSPS) is 11.5. The zero-order valence-electron chi connectivity index (χ0n) is 12.8. The summed E-state index contributed by atoms with van der Waals surface area (Å²) in [6.45, 7) is 6.39. The van der Waals surface area contributed by atoms with E-state index in [1.807, 2.05) is 13.1 Å². The highest BCUT2D eigenvalue weighted by Crippen LogP contribution is 2.25. The largest absolute Gasteiger partial charge is 0.373 e. The van der Waals surface area contributed by atoms with Crippen LogP contribution in [0, 0.1) is 5.82 Å². The number of rotatable bonds is 4. The molecule has 0 aliphatic carbocycles. The van der Waals surface area contributed by atoms with Crippen LogP contribution in [0.4, 0.5) is 10.2 Å². The summed E-state index contributed by atoms with van der Waals surface area (Å²) in [5.74, 6) is 2.04. The van der Waals surface area contributed by atoms with Crippen molar-refractivity contribution >= 4 is 17.6 Å². The van der Waals surface area contributed by atoms with Crippen LogP contribution in [0.1, 0.15) is 32.3 Å². The van der Waals surface area contributed by atoms with E-state index in [9.17, 15) is 4.39 Å². The van der Waals surface area contributed by atoms with Crippen molar-refractivity contribution < 1.29 is 4.39 Å². The Kier molecular flexibility index (Phi) is 4.83. The Bertz CT molecular complexity index is 606. The molecule has 3 nitrogen and oxygen atoms in total. The lowest BCUT2D eigenvalue weighted by atomic mass is 9.92. The molecule has 0 aliphatic heterocycles. The van der Waals surface area contributed by atoms with Crippen LogP contribution in [0.2, 0.25) is 0 Å². The molecule has 0 radical (unpaired) electrons. The van der Waals surface area contributed by atoms with Crippen molar-refractivity contribution in [1.82, 2.24) is 9.97 Å². The lowest BCUT2D eigenvalue weighted by molar-refractivity contribution is 0.564. The van der Waals surface area contributed by atoms with Gasteiger partial charge < -0.3 is 5.32 Å². The van der Waals surface area contributed by atoms with Crippen LogP contribution < -0.4 is 5.32 Å². The van der Waals surface area contributed by atoms with Crippen LogP contribution in [-0.2, 0) is 11.2 Å². The minimum atomic E-state index is -0.220. The van der Waals surface area contributed by atoms with E-state index >= 15 is 0 Å². The highest BCUT2D eigenvalue weighted by Gasteiger charge is 2.17. The second-order valence-corrected chi connectivity index (χ2v) is 6.85. The van der Waals surface area contributed by atoms with Crippen LogP contribution in [0.5, 0.6) is 0 Å². The standard InChI is InChI=1S/C16H20FN3S/c1-16(2,3)13-9-14(18-4)20-15(19-13)10-21-12-7-5-11(17)6-8-12/h5-9H,10H2,1-4H3,(H,18,19,20). The SMILES string of the molecule is CNc1cc(C(C)(C)C)nc(CSc2ccc(F)cc2)n1. The van der Waals surface area contributed by atoms with Gasteiger partial charge in [-0.1, -0.05) is 20.8 Å². The first-order valence-corrected chi connectivity index (χ1v) is 7.81. The van der Waals surface area contributed by atoms with Gasteiger partial charge in [0.2, 0.25) is 0 Å². The number of thioether (sulfide) groups is 1. The predicted molar refractivity (Wildman–Crippen MR) is 86.2 cm³/mol. The summed E-state index contributed by atoms with van der Waals surface area (Å²) in [6.07, 6.45) is 0. The molecule has 1 aromatic carbocycles. The highest BCUT2D eigenvalue weighted by molar-refractivity contribution is 7.98. The maximum atomic E-state index is 12.9. The van der Waals surface area contributed by atoms with Gasteiger partial charge in [0.25, 0.3) is 0 Å². The molecular formula is C16H20FN3S. The lowest BCUT2D eigenvalue weighted by Crippen LogP contribution is -2.16. The minimum absolute atomic E-state index is 0.0240. The Hall–Kier alpha value is -1.62. The van der Waals surface area contributed by atoms with E-state index in [0.717, 1.165) is 22.2 Å². The number of anilines is 1. The van der Waals surface area contributed by atoms with Gasteiger partial charge in [-0.15, -0.1) is 11.8 Å². The molecule has 1 aromatic heterocycles. The first-order valence-electron chi connectivity index (χ1n) is 6.83. The Morgan fingerprint density at radius 1 is 1.14 bits per heavy atom. The molecule has 0 saturated heterocycles. The van der Waals surface area contributed by atoms with Crippen molar-refractivity contribution in [1.29, 1.82) is 0 Å². The third-order valence-electron chi connectivity index (χ3n) is 2.98. The van der Waals surface area contributed by atoms with E-state index in [4.69, 9.17) is 0 Å². The van der Waals surface area contributed by atoms with Crippen molar-refractivity contribution in [3.63, 3.8) is 0 Å². The number of halogens is 1. The molecule has 1 N–H and O–H groups in total. The maximum Gasteiger partial charge on any atom is 0.141 e. The van der Waals surface area contributed by atoms with Crippen LogP contribution in [0.25, 0.3) is 0 Å². The Morgan fingerprint density at radius 3 is 2.38 bits per heavy atom. The van der Waals surface area contributed by atoms with Crippen molar-refractivity contribution in [3.8, 4) is 0 Å². The number of aromatic nitrogens is 2. The van der Waals surface area contributed by atoms with Gasteiger partial charge in [-0.2, -0.15) is 0 Å². The number of hydrogen-bond donors (Lipinski definition) is 1. The molecule has 2 rings (SSSR count). The van der Waals surface area contributed by atoms with Gasteiger partial charge in [-0.25, -0.2) is 14.4 Å². The molecule has 0 saturated carbocycles. The fourth-order valence-electron chi connectivity index (χ4n) is 1.75. The van der Waals surface area contributed by atoms with Gasteiger partial charge >= 0.3 is 0 Å². The summed E-state index contributed by atoms with van der Waals surface area (Å²) in [4.78, 5) is 10.1. The molecule has 5 heteroatoms. The van der Waals surface area contributed by atoms with E-state index < -0.39 is 0 Å². The van der Waals surface area contributed by atoms with Crippen molar-refractivity contribution in [2.24, 2.45) is 0 Å². The second-order valence-electron chi connectivity index (χ2n) is 5.80. The monoisotopic (exact) mass is 305 g/mol. The predicted octanol–water partition coefficient (Wildman–Crippen LogP) is 4.25. The van der Waals surface area contributed by atoms with E-state index in [1.54, 1.807) is 23.9 Å². The van der Waals surface area contributed by atoms with Gasteiger partial charge in [0.1, 0.15) is 17.5 Å². The Morgan fingerprint density at radius 2 is 1.81 bits per heavy atom. The highest BCUT2D eigenvalue weighted by atomic mass is 32.2. The summed E-state index contributed by atoms with van der Waals surface area (Å²) >= 11 is 1.60. The van der Waals surface area contributed by atoms with E-state index in [0.29, 0.717) is 5.75 Å². The number of nitrogens with zero attached hydrogens (tertiary/aromatic N) is 2. The van der Waals surface area contributed by atoms with Gasteiger partial charge in [0.05, 0.1) is 11.4 Å². The van der Waals surface area contributed by atoms with Crippen LogP contribution in [-0.4, -0.2) is 17.0 Å². The average Bonchev–Trinajstić information content (AvgIpc) is 2.45. The van der Waals surface area contributed by atoms with E-state index in [2.05, 4.69) is 36.1 Å². The molecule has 0 aliphatic rings. The first kappa shape index (κ1) is 15.8. The number of hydrogen-bond acceptors (Lipinski definition) is 4. The average molecular weight is 305 g/mol. The molecule has 1 heterocycles. The van der Waals surface area contributed by atoms with Gasteiger partial charge in [0, 0.05) is 23.4 Å². The van der Waals surface area contributed by atoms with Crippen molar-refractivity contribution in [3.05, 3.63) is 47.7 Å². The molecule has 2 aromatic rings. The quantitative estimate of drug-likeness (QED) is 0.857. The lowest BCUT2D eigenvalue weighted by Gasteiger charge is -2.19. The number of benzene rings is 1. The first-order chi connectivity index (χ1) is 9.88. The molecule has 0 unspecified atom stereocenters. The van der Waals surface area contributed by atoms with Gasteiger partial charge in [0.15, 0.2) is 0 Å². The molecule has 0 spiro atoms. The molecular weight excluding hydrogens is 285 g/mol. The Balaban J connectivity index is 2.17. The molecule has 0 bridgehead atoms. The van der Waals surface area contributed by atoms with Crippen LogP contribution in [0.15, 0.2) is 35.2 Å². The second kappa shape index (κ2) is 6.43. The summed E-state index contributed by atoms with van der Waals surface area (Å²) in [5, 5.41) is 3.08. The Labute approximate surface area is 129 Å². The smallest absolute Gasteiger partial charge is 0.141 e. The minimum Gasteiger partial charge on any atom is -0.373 e. The summed E-state index contributed by atoms with van der Waals surface area (Å²) in [7, 11) is 1.85. The van der Waals surface area contributed by atoms with Crippen molar-refractivity contribution in [2.75, 3.05) is 12.4 Å². The molecule has 0 amide bonds. The van der Waals surface area contributed by atoms with Gasteiger partial charge in [-0.05, 0) is 24.3 Å². The molecule has 0 atom stereocenters. The summed E-state index contributed by atoms with van der Waals surface area (Å²) < 4.78 is 12.9. The topological polar surface area (TPSA) is 37.8 Å². The van der Waals surface area contributed by atoms with E-state index in [-0.39, 0.29) is 11.2 Å². The third-order valence-corrected chi connectivity index (χ3v) is 3.99. The summed E-state index contributed by atoms with van der Waals surface area (Å²) in [6, 6.07) is 8.45. The zero-order valence-corrected chi connectivity index (χ0v) is 13.6. The van der Waals surface area contributed by atoms with Gasteiger partial charge in [-0.3, -0.25) is 0 Å². The fourth-order valence-corrected chi connectivity index (χ4v) is 2.51. The third kappa shape index (κ3) is 4.43. The fraction of sp³-hybridized carbons (Fsp3) is 0.375. The number of nitrogens with one attached hydrogen (secondary N) is 1. The summed E-state index contributed by atoms with van der Waals surface area (Å²) in [5.41, 5.74) is 0.987.